The Balaban J connectivity index is 2.13. The van der Waals surface area contributed by atoms with E-state index in [-0.39, 0.29) is 5.28 Å². The third kappa shape index (κ3) is 4.61. The van der Waals surface area contributed by atoms with Gasteiger partial charge in [0, 0.05) is 26.2 Å². The fourth-order valence-corrected chi connectivity index (χ4v) is 3.13. The maximum atomic E-state index is 6.10. The standard InChI is InChI=1S/C14H24ClN5S/c1-11(7-10-21-3)19(2)13-16-12(15)17-14(18-13)20-8-5-4-6-9-20/h11H,4-10H2,1-3H3. The van der Waals surface area contributed by atoms with Crippen LogP contribution >= 0.6 is 23.4 Å². The van der Waals surface area contributed by atoms with E-state index in [1.54, 1.807) is 0 Å². The summed E-state index contributed by atoms with van der Waals surface area (Å²) in [5.41, 5.74) is 0. The third-order valence-corrected chi connectivity index (χ3v) is 4.75. The van der Waals surface area contributed by atoms with E-state index in [0.29, 0.717) is 17.9 Å². The average molecular weight is 330 g/mol. The Hall–Kier alpha value is -0.750. The molecule has 0 spiro atoms. The Morgan fingerprint density at radius 3 is 2.62 bits per heavy atom. The lowest BCUT2D eigenvalue weighted by Gasteiger charge is -2.29. The summed E-state index contributed by atoms with van der Waals surface area (Å²) in [5, 5.41) is 0.282. The molecule has 0 aromatic carbocycles. The number of piperidine rings is 1. The Morgan fingerprint density at radius 1 is 1.24 bits per heavy atom. The SMILES string of the molecule is CSCCC(C)N(C)c1nc(Cl)nc(N2CCCCC2)n1. The smallest absolute Gasteiger partial charge is 0.231 e. The van der Waals surface area contributed by atoms with Crippen LogP contribution in [0.25, 0.3) is 0 Å². The van der Waals surface area contributed by atoms with E-state index in [4.69, 9.17) is 11.6 Å². The van der Waals surface area contributed by atoms with Gasteiger partial charge in [-0.25, -0.2) is 0 Å². The largest absolute Gasteiger partial charge is 0.341 e. The van der Waals surface area contributed by atoms with Crippen molar-refractivity contribution in [2.24, 2.45) is 0 Å². The van der Waals surface area contributed by atoms with Gasteiger partial charge in [-0.3, -0.25) is 0 Å². The number of hydrogen-bond acceptors (Lipinski definition) is 6. The molecule has 1 unspecified atom stereocenters. The monoisotopic (exact) mass is 329 g/mol. The number of anilines is 2. The van der Waals surface area contributed by atoms with E-state index in [9.17, 15) is 0 Å². The highest BCUT2D eigenvalue weighted by Gasteiger charge is 2.19. The predicted octanol–water partition coefficient (Wildman–Crippen LogP) is 3.09. The van der Waals surface area contributed by atoms with E-state index in [1.807, 2.05) is 18.8 Å². The first kappa shape index (κ1) is 16.6. The minimum absolute atomic E-state index is 0.282. The predicted molar refractivity (Wildman–Crippen MR) is 91.8 cm³/mol. The Labute approximate surface area is 136 Å². The molecular weight excluding hydrogens is 306 g/mol. The van der Waals surface area contributed by atoms with Crippen molar-refractivity contribution >= 4 is 35.3 Å². The summed E-state index contributed by atoms with van der Waals surface area (Å²) < 4.78 is 0. The number of hydrogen-bond donors (Lipinski definition) is 0. The van der Waals surface area contributed by atoms with Crippen molar-refractivity contribution in [2.75, 3.05) is 41.9 Å². The molecule has 1 aliphatic heterocycles. The van der Waals surface area contributed by atoms with E-state index < -0.39 is 0 Å². The van der Waals surface area contributed by atoms with Crippen LogP contribution in [0.2, 0.25) is 5.28 Å². The van der Waals surface area contributed by atoms with Gasteiger partial charge in [-0.2, -0.15) is 26.7 Å². The Morgan fingerprint density at radius 2 is 1.95 bits per heavy atom. The molecule has 118 valence electrons. The van der Waals surface area contributed by atoms with E-state index in [2.05, 4.69) is 37.9 Å². The van der Waals surface area contributed by atoms with Gasteiger partial charge in [-0.05, 0) is 56.2 Å². The summed E-state index contributed by atoms with van der Waals surface area (Å²) in [7, 11) is 2.02. The van der Waals surface area contributed by atoms with Gasteiger partial charge < -0.3 is 9.80 Å². The summed E-state index contributed by atoms with van der Waals surface area (Å²) in [6.45, 7) is 4.20. The summed E-state index contributed by atoms with van der Waals surface area (Å²) in [4.78, 5) is 17.5. The van der Waals surface area contributed by atoms with Crippen molar-refractivity contribution in [3.63, 3.8) is 0 Å². The minimum Gasteiger partial charge on any atom is -0.341 e. The molecule has 21 heavy (non-hydrogen) atoms. The third-order valence-electron chi connectivity index (χ3n) is 3.94. The first-order chi connectivity index (χ1) is 10.1. The number of aromatic nitrogens is 3. The van der Waals surface area contributed by atoms with Crippen LogP contribution in [-0.2, 0) is 0 Å². The van der Waals surface area contributed by atoms with Crippen molar-refractivity contribution in [1.82, 2.24) is 15.0 Å². The second-order valence-corrected chi connectivity index (χ2v) is 6.82. The second-order valence-electron chi connectivity index (χ2n) is 5.49. The van der Waals surface area contributed by atoms with E-state index in [0.717, 1.165) is 25.3 Å². The summed E-state index contributed by atoms with van der Waals surface area (Å²) in [6, 6.07) is 0.380. The molecule has 5 nitrogen and oxygen atoms in total. The lowest BCUT2D eigenvalue weighted by atomic mass is 10.1. The molecule has 1 aliphatic rings. The molecule has 1 fully saturated rings. The van der Waals surface area contributed by atoms with Gasteiger partial charge in [0.1, 0.15) is 0 Å². The van der Waals surface area contributed by atoms with Crippen molar-refractivity contribution in [3.8, 4) is 0 Å². The maximum Gasteiger partial charge on any atom is 0.231 e. The molecule has 7 heteroatoms. The van der Waals surface area contributed by atoms with Crippen LogP contribution in [0.1, 0.15) is 32.6 Å². The van der Waals surface area contributed by atoms with Crippen LogP contribution in [0.4, 0.5) is 11.9 Å². The summed E-state index contributed by atoms with van der Waals surface area (Å²) >= 11 is 7.96. The van der Waals surface area contributed by atoms with Gasteiger partial charge in [-0.15, -0.1) is 0 Å². The quantitative estimate of drug-likeness (QED) is 0.799. The van der Waals surface area contributed by atoms with Crippen molar-refractivity contribution in [3.05, 3.63) is 5.28 Å². The summed E-state index contributed by atoms with van der Waals surface area (Å²) in [5.74, 6) is 2.52. The van der Waals surface area contributed by atoms with Crippen molar-refractivity contribution < 1.29 is 0 Å². The first-order valence-electron chi connectivity index (χ1n) is 7.50. The Bertz CT molecular complexity index is 453. The van der Waals surface area contributed by atoms with Crippen LogP contribution in [0.15, 0.2) is 0 Å². The van der Waals surface area contributed by atoms with Crippen LogP contribution in [0.5, 0.6) is 0 Å². The lowest BCUT2D eigenvalue weighted by molar-refractivity contribution is 0.565. The van der Waals surface area contributed by atoms with Gasteiger partial charge in [0.05, 0.1) is 0 Å². The van der Waals surface area contributed by atoms with E-state index >= 15 is 0 Å². The first-order valence-corrected chi connectivity index (χ1v) is 9.27. The van der Waals surface area contributed by atoms with Gasteiger partial charge in [0.15, 0.2) is 0 Å². The lowest BCUT2D eigenvalue weighted by Crippen LogP contribution is -2.34. The number of thioether (sulfide) groups is 1. The Kier molecular flexibility index (Phi) is 6.36. The summed E-state index contributed by atoms with van der Waals surface area (Å²) in [6.07, 6.45) is 6.89. The zero-order valence-electron chi connectivity index (χ0n) is 13.0. The molecule has 0 radical (unpaired) electrons. The topological polar surface area (TPSA) is 45.2 Å². The molecule has 1 saturated heterocycles. The molecule has 0 aliphatic carbocycles. The fourth-order valence-electron chi connectivity index (χ4n) is 2.40. The van der Waals surface area contributed by atoms with Crippen LogP contribution < -0.4 is 9.80 Å². The average Bonchev–Trinajstić information content (AvgIpc) is 2.52. The van der Waals surface area contributed by atoms with Crippen molar-refractivity contribution in [2.45, 2.75) is 38.6 Å². The molecule has 1 aromatic heterocycles. The number of rotatable bonds is 6. The van der Waals surface area contributed by atoms with Gasteiger partial charge in [0.2, 0.25) is 17.2 Å². The highest BCUT2D eigenvalue weighted by Crippen LogP contribution is 2.21. The van der Waals surface area contributed by atoms with Crippen molar-refractivity contribution in [1.29, 1.82) is 0 Å². The molecule has 1 aromatic rings. The van der Waals surface area contributed by atoms with Gasteiger partial charge in [-0.1, -0.05) is 0 Å². The molecule has 2 heterocycles. The van der Waals surface area contributed by atoms with Gasteiger partial charge >= 0.3 is 0 Å². The fraction of sp³-hybridized carbons (Fsp3) is 0.786. The number of halogens is 1. The molecule has 1 atom stereocenters. The minimum atomic E-state index is 0.282. The molecule has 0 saturated carbocycles. The highest BCUT2D eigenvalue weighted by molar-refractivity contribution is 7.98. The number of nitrogens with zero attached hydrogens (tertiary/aromatic N) is 5. The molecule has 0 N–H and O–H groups in total. The molecular formula is C14H24ClN5S. The molecule has 0 amide bonds. The normalized spacial score (nSPS) is 16.9. The van der Waals surface area contributed by atoms with Crippen LogP contribution in [-0.4, -0.2) is 53.1 Å². The second kappa shape index (κ2) is 8.03. The zero-order chi connectivity index (χ0) is 15.2. The van der Waals surface area contributed by atoms with E-state index in [1.165, 1.54) is 19.3 Å². The maximum absolute atomic E-state index is 6.10. The molecule has 2 rings (SSSR count). The highest BCUT2D eigenvalue weighted by atomic mass is 35.5. The van der Waals surface area contributed by atoms with Gasteiger partial charge in [0.25, 0.3) is 0 Å². The molecule has 0 bridgehead atoms. The van der Waals surface area contributed by atoms with Crippen LogP contribution in [0, 0.1) is 0 Å². The zero-order valence-corrected chi connectivity index (χ0v) is 14.6. The van der Waals surface area contributed by atoms with Crippen LogP contribution in [0.3, 0.4) is 0 Å².